The maximum Gasteiger partial charge on any atom is 0.351 e. The van der Waals surface area contributed by atoms with Gasteiger partial charge in [-0.25, -0.2) is 14.0 Å². The van der Waals surface area contributed by atoms with Crippen LogP contribution in [-0.2, 0) is 17.2 Å². The molecule has 2 aromatic heterocycles. The number of rotatable bonds is 7. The summed E-state index contributed by atoms with van der Waals surface area (Å²) in [6, 6.07) is 7.70. The van der Waals surface area contributed by atoms with E-state index in [0.29, 0.717) is 0 Å². The second-order valence-electron chi connectivity index (χ2n) is 7.45. The molecule has 12 heteroatoms. The molecule has 0 aliphatic heterocycles. The van der Waals surface area contributed by atoms with E-state index < -0.39 is 38.1 Å². The maximum absolute atomic E-state index is 13.4. The maximum atomic E-state index is 13.4. The molecule has 32 heavy (non-hydrogen) atoms. The molecule has 0 aliphatic rings. The van der Waals surface area contributed by atoms with E-state index in [2.05, 4.69) is 10.2 Å². The van der Waals surface area contributed by atoms with Crippen molar-refractivity contribution in [3.63, 3.8) is 0 Å². The third kappa shape index (κ3) is 4.06. The smallest absolute Gasteiger partial charge is 0.286 e. The zero-order valence-corrected chi connectivity index (χ0v) is 18.8. The van der Waals surface area contributed by atoms with Crippen LogP contribution in [0.2, 0.25) is 0 Å². The van der Waals surface area contributed by atoms with Gasteiger partial charge in [0.05, 0.1) is 23.1 Å². The summed E-state index contributed by atoms with van der Waals surface area (Å²) >= 11 is 0. The average molecular weight is 462 g/mol. The molecule has 2 heterocycles. The van der Waals surface area contributed by atoms with Crippen LogP contribution >= 0.6 is 0 Å². The number of hydrogen-bond donors (Lipinski definition) is 1. The van der Waals surface area contributed by atoms with Crippen LogP contribution in [0.25, 0.3) is 5.69 Å². The minimum absolute atomic E-state index is 0.0352. The van der Waals surface area contributed by atoms with E-state index in [9.17, 15) is 27.4 Å². The van der Waals surface area contributed by atoms with E-state index in [-0.39, 0.29) is 29.4 Å². The third-order valence-corrected chi connectivity index (χ3v) is 6.23. The molecule has 0 saturated carbocycles. The van der Waals surface area contributed by atoms with Crippen molar-refractivity contribution >= 4 is 15.9 Å². The van der Waals surface area contributed by atoms with Gasteiger partial charge >= 0.3 is 5.69 Å². The Hall–Kier alpha value is -3.38. The average Bonchev–Trinajstić information content (AvgIpc) is 3.15. The lowest BCUT2D eigenvalue weighted by atomic mass is 10.1. The number of aryl methyl sites for hydroxylation is 1. The van der Waals surface area contributed by atoms with Crippen molar-refractivity contribution in [2.45, 2.75) is 38.5 Å². The van der Waals surface area contributed by atoms with E-state index in [1.165, 1.54) is 30.8 Å². The molecular weight excluding hydrogens is 438 g/mol. The Morgan fingerprint density at radius 1 is 1.16 bits per heavy atom. The summed E-state index contributed by atoms with van der Waals surface area (Å²) in [5, 5.41) is 6.52. The van der Waals surface area contributed by atoms with Gasteiger partial charge in [0.1, 0.15) is 5.25 Å². The number of nitrogens with zero attached hydrogens (tertiary/aromatic N) is 5. The van der Waals surface area contributed by atoms with E-state index >= 15 is 0 Å². The quantitative estimate of drug-likeness (QED) is 0.409. The van der Waals surface area contributed by atoms with Crippen molar-refractivity contribution in [2.24, 2.45) is 7.05 Å². The molecule has 1 aromatic carbocycles. The molecule has 0 spiro atoms. The van der Waals surface area contributed by atoms with Crippen molar-refractivity contribution in [2.75, 3.05) is 0 Å². The Morgan fingerprint density at radius 3 is 2.31 bits per heavy atom. The summed E-state index contributed by atoms with van der Waals surface area (Å²) in [5.41, 5.74) is -2.27. The predicted molar refractivity (Wildman–Crippen MR) is 116 cm³/mol. The first kappa shape index (κ1) is 23.3. The van der Waals surface area contributed by atoms with E-state index in [0.717, 1.165) is 15.4 Å². The molecule has 0 radical (unpaired) electrons. The topological polar surface area (TPSA) is 146 Å². The Labute approximate surface area is 183 Å². The minimum atomic E-state index is -4.58. The summed E-state index contributed by atoms with van der Waals surface area (Å²) < 4.78 is 36.8. The van der Waals surface area contributed by atoms with Gasteiger partial charge in [-0.05, 0) is 32.4 Å². The second-order valence-corrected chi connectivity index (χ2v) is 9.05. The van der Waals surface area contributed by atoms with E-state index in [4.69, 9.17) is 0 Å². The largest absolute Gasteiger partial charge is 0.351 e. The van der Waals surface area contributed by atoms with Gasteiger partial charge in [-0.1, -0.05) is 25.1 Å². The highest BCUT2D eigenvalue weighted by Gasteiger charge is 2.34. The molecule has 3 rings (SSSR count). The minimum Gasteiger partial charge on any atom is -0.286 e. The van der Waals surface area contributed by atoms with Crippen LogP contribution in [0.5, 0.6) is 0 Å². The number of benzene rings is 1. The molecule has 0 bridgehead atoms. The number of aromatic nitrogens is 5. The molecule has 0 aliphatic carbocycles. The van der Waals surface area contributed by atoms with Gasteiger partial charge in [0, 0.05) is 13.1 Å². The predicted octanol–water partition coefficient (Wildman–Crippen LogP) is 1.28. The molecule has 0 saturated heterocycles. The fourth-order valence-corrected chi connectivity index (χ4v) is 4.41. The highest BCUT2D eigenvalue weighted by Crippen LogP contribution is 2.30. The normalized spacial score (nSPS) is 12.8. The van der Waals surface area contributed by atoms with Gasteiger partial charge in [-0.2, -0.15) is 18.6 Å². The highest BCUT2D eigenvalue weighted by molar-refractivity contribution is 7.86. The first-order chi connectivity index (χ1) is 15.0. The monoisotopic (exact) mass is 461 g/mol. The van der Waals surface area contributed by atoms with Crippen molar-refractivity contribution in [3.05, 3.63) is 74.3 Å². The van der Waals surface area contributed by atoms with Crippen LogP contribution in [0.4, 0.5) is 0 Å². The molecule has 0 amide bonds. The number of ketones is 1. The van der Waals surface area contributed by atoms with Crippen LogP contribution in [0.1, 0.15) is 60.2 Å². The van der Waals surface area contributed by atoms with Gasteiger partial charge in [0.15, 0.2) is 5.69 Å². The summed E-state index contributed by atoms with van der Waals surface area (Å²) in [4.78, 5) is 39.1. The van der Waals surface area contributed by atoms with Crippen molar-refractivity contribution < 1.29 is 17.8 Å². The van der Waals surface area contributed by atoms with Crippen LogP contribution < -0.4 is 11.2 Å². The molecule has 11 nitrogen and oxygen atoms in total. The van der Waals surface area contributed by atoms with Gasteiger partial charge in [-0.3, -0.25) is 18.8 Å². The molecular formula is C20H23N5O6S. The van der Waals surface area contributed by atoms with E-state index in [1.807, 2.05) is 0 Å². The van der Waals surface area contributed by atoms with Crippen molar-refractivity contribution in [3.8, 4) is 5.69 Å². The van der Waals surface area contributed by atoms with Crippen LogP contribution in [-0.4, -0.2) is 42.9 Å². The van der Waals surface area contributed by atoms with Gasteiger partial charge in [0.2, 0.25) is 5.78 Å². The number of hydrogen-bond acceptors (Lipinski definition) is 7. The lowest BCUT2D eigenvalue weighted by Crippen LogP contribution is -2.42. The zero-order valence-electron chi connectivity index (χ0n) is 18.0. The Balaban J connectivity index is 2.29. The first-order valence-electron chi connectivity index (χ1n) is 9.83. The molecule has 1 atom stereocenters. The van der Waals surface area contributed by atoms with Gasteiger partial charge in [-0.15, -0.1) is 0 Å². The molecule has 1 N–H and O–H groups in total. The second kappa shape index (κ2) is 8.63. The van der Waals surface area contributed by atoms with Crippen LogP contribution in [0.3, 0.4) is 0 Å². The van der Waals surface area contributed by atoms with Crippen LogP contribution in [0, 0.1) is 0 Å². The summed E-state index contributed by atoms with van der Waals surface area (Å²) in [7, 11) is -3.29. The number of para-hydroxylation sites is 1. The van der Waals surface area contributed by atoms with Gasteiger partial charge < -0.3 is 0 Å². The first-order valence-corrected chi connectivity index (χ1v) is 11.3. The number of carbonyl (C=O) groups is 1. The molecule has 170 valence electrons. The lowest BCUT2D eigenvalue weighted by molar-refractivity contribution is 0.102. The lowest BCUT2D eigenvalue weighted by Gasteiger charge is -2.18. The number of carbonyl (C=O) groups excluding carboxylic acids is 1. The third-order valence-electron chi connectivity index (χ3n) is 4.96. The Morgan fingerprint density at radius 2 is 1.78 bits per heavy atom. The Bertz CT molecular complexity index is 1390. The molecule has 3 aromatic rings. The summed E-state index contributed by atoms with van der Waals surface area (Å²) in [5.74, 6) is -0.903. The SMILES string of the molecule is CCC(c1c(C(=O)c2nn(C)c(=O)n(-c3ccccc3)c2=O)cnn1C(C)C)S(=O)(=O)O. The van der Waals surface area contributed by atoms with Crippen LogP contribution in [0.15, 0.2) is 46.1 Å². The Kier molecular flexibility index (Phi) is 6.28. The summed E-state index contributed by atoms with van der Waals surface area (Å²) in [6.45, 7) is 5.00. The summed E-state index contributed by atoms with van der Waals surface area (Å²) in [6.07, 6.45) is 1.11. The van der Waals surface area contributed by atoms with Crippen molar-refractivity contribution in [1.29, 1.82) is 0 Å². The standard InChI is InChI=1S/C20H23N5O6S/c1-5-15(32(29,30)31)17-14(11-21-25(17)12(2)3)18(26)16-19(27)24(20(28)23(4)22-16)13-9-7-6-8-10-13/h6-12,15H,5H2,1-4H3,(H,29,30,31). The molecule has 1 unspecified atom stereocenters. The zero-order chi connectivity index (χ0) is 23.8. The van der Waals surface area contributed by atoms with Gasteiger partial charge in [0.25, 0.3) is 15.7 Å². The highest BCUT2D eigenvalue weighted by atomic mass is 32.2. The molecule has 0 fully saturated rings. The fourth-order valence-electron chi connectivity index (χ4n) is 3.47. The fraction of sp³-hybridized carbons (Fsp3) is 0.350. The van der Waals surface area contributed by atoms with Crippen molar-refractivity contribution in [1.82, 2.24) is 24.1 Å². The van der Waals surface area contributed by atoms with E-state index in [1.54, 1.807) is 32.0 Å².